The molecular formula is C14H16N2Te. The predicted molar refractivity (Wildman–Crippen MR) is 77.0 cm³/mol. The maximum atomic E-state index is 3.26. The SMILES string of the molecule is CNc1ccc([Te]c2ccccc2NC)cc1. The van der Waals surface area contributed by atoms with Crippen molar-refractivity contribution in [3.63, 3.8) is 0 Å². The van der Waals surface area contributed by atoms with E-state index in [1.165, 1.54) is 18.6 Å². The van der Waals surface area contributed by atoms with Crippen LogP contribution in [0.4, 0.5) is 11.4 Å². The third-order valence-corrected chi connectivity index (χ3v) is 5.62. The standard InChI is InChI=1S/C14H16N2Te/c1-15-11-7-9-12(10-8-11)17-14-6-4-3-5-13(14)16-2/h3-10,15-16H,1-2H3. The molecule has 0 atom stereocenters. The summed E-state index contributed by atoms with van der Waals surface area (Å²) >= 11 is -0.302. The van der Waals surface area contributed by atoms with Gasteiger partial charge in [-0.25, -0.2) is 0 Å². The van der Waals surface area contributed by atoms with Gasteiger partial charge in [0.2, 0.25) is 0 Å². The van der Waals surface area contributed by atoms with Gasteiger partial charge in [-0.2, -0.15) is 0 Å². The summed E-state index contributed by atoms with van der Waals surface area (Å²) < 4.78 is 2.91. The molecule has 0 aliphatic carbocycles. The summed E-state index contributed by atoms with van der Waals surface area (Å²) in [7, 11) is 3.93. The normalized spacial score (nSPS) is 10.0. The van der Waals surface area contributed by atoms with Gasteiger partial charge in [-0.1, -0.05) is 0 Å². The van der Waals surface area contributed by atoms with Crippen LogP contribution in [0.15, 0.2) is 48.5 Å². The Morgan fingerprint density at radius 3 is 2.18 bits per heavy atom. The molecule has 0 saturated heterocycles. The Labute approximate surface area is 113 Å². The Hall–Kier alpha value is -1.17. The molecule has 2 rings (SSSR count). The van der Waals surface area contributed by atoms with E-state index in [4.69, 9.17) is 0 Å². The van der Waals surface area contributed by atoms with Gasteiger partial charge in [-0.05, 0) is 0 Å². The molecule has 2 nitrogen and oxygen atoms in total. The van der Waals surface area contributed by atoms with Crippen LogP contribution in [0.5, 0.6) is 0 Å². The van der Waals surface area contributed by atoms with Crippen molar-refractivity contribution in [2.75, 3.05) is 24.7 Å². The van der Waals surface area contributed by atoms with E-state index in [2.05, 4.69) is 59.2 Å². The summed E-state index contributed by atoms with van der Waals surface area (Å²) in [6.07, 6.45) is 0. The second-order valence-electron chi connectivity index (χ2n) is 3.62. The second kappa shape index (κ2) is 5.95. The van der Waals surface area contributed by atoms with E-state index >= 15 is 0 Å². The van der Waals surface area contributed by atoms with Gasteiger partial charge < -0.3 is 0 Å². The zero-order valence-corrected chi connectivity index (χ0v) is 12.4. The van der Waals surface area contributed by atoms with E-state index in [0.29, 0.717) is 0 Å². The molecule has 0 aliphatic heterocycles. The van der Waals surface area contributed by atoms with E-state index in [-0.39, 0.29) is 20.9 Å². The molecule has 88 valence electrons. The minimum atomic E-state index is -0.302. The first-order valence-corrected chi connectivity index (χ1v) is 7.89. The van der Waals surface area contributed by atoms with Crippen molar-refractivity contribution in [2.45, 2.75) is 0 Å². The molecule has 0 bridgehead atoms. The molecule has 2 aromatic rings. The first kappa shape index (κ1) is 12.3. The first-order valence-electron chi connectivity index (χ1n) is 5.56. The topological polar surface area (TPSA) is 24.1 Å². The molecule has 3 heteroatoms. The van der Waals surface area contributed by atoms with Crippen molar-refractivity contribution >= 4 is 39.5 Å². The fraction of sp³-hybridized carbons (Fsp3) is 0.143. The third kappa shape index (κ3) is 3.15. The summed E-state index contributed by atoms with van der Waals surface area (Å²) in [6, 6.07) is 17.3. The fourth-order valence-corrected chi connectivity index (χ4v) is 4.30. The van der Waals surface area contributed by atoms with Crippen LogP contribution in [0.3, 0.4) is 0 Å². The van der Waals surface area contributed by atoms with Gasteiger partial charge in [-0.3, -0.25) is 0 Å². The van der Waals surface area contributed by atoms with Crippen molar-refractivity contribution in [2.24, 2.45) is 0 Å². The molecule has 17 heavy (non-hydrogen) atoms. The van der Waals surface area contributed by atoms with Crippen molar-refractivity contribution in [3.05, 3.63) is 48.5 Å². The number of benzene rings is 2. The minimum absolute atomic E-state index is 0.302. The van der Waals surface area contributed by atoms with Crippen LogP contribution in [0.2, 0.25) is 0 Å². The Morgan fingerprint density at radius 2 is 1.53 bits per heavy atom. The Kier molecular flexibility index (Phi) is 4.30. The monoisotopic (exact) mass is 342 g/mol. The van der Waals surface area contributed by atoms with E-state index in [1.807, 2.05) is 14.1 Å². The molecule has 2 N–H and O–H groups in total. The Balaban J connectivity index is 2.19. The van der Waals surface area contributed by atoms with Crippen molar-refractivity contribution in [1.82, 2.24) is 0 Å². The molecule has 2 aromatic carbocycles. The van der Waals surface area contributed by atoms with Crippen LogP contribution >= 0.6 is 0 Å². The summed E-state index contributed by atoms with van der Waals surface area (Å²) in [4.78, 5) is 0. The number of nitrogens with one attached hydrogen (secondary N) is 2. The van der Waals surface area contributed by atoms with Gasteiger partial charge in [0.05, 0.1) is 0 Å². The molecule has 0 amide bonds. The number of para-hydroxylation sites is 1. The molecule has 0 radical (unpaired) electrons. The van der Waals surface area contributed by atoms with Crippen LogP contribution in [0.25, 0.3) is 0 Å². The van der Waals surface area contributed by atoms with Crippen LogP contribution in [0.1, 0.15) is 0 Å². The van der Waals surface area contributed by atoms with Gasteiger partial charge >= 0.3 is 113 Å². The number of hydrogen-bond donors (Lipinski definition) is 2. The van der Waals surface area contributed by atoms with Crippen molar-refractivity contribution < 1.29 is 0 Å². The van der Waals surface area contributed by atoms with Gasteiger partial charge in [0.25, 0.3) is 0 Å². The fourth-order valence-electron chi connectivity index (χ4n) is 1.58. The molecule has 0 heterocycles. The molecule has 0 fully saturated rings. The zero-order valence-electron chi connectivity index (χ0n) is 10.0. The van der Waals surface area contributed by atoms with E-state index in [9.17, 15) is 0 Å². The zero-order chi connectivity index (χ0) is 12.1. The number of anilines is 2. The van der Waals surface area contributed by atoms with Crippen LogP contribution in [-0.2, 0) is 0 Å². The van der Waals surface area contributed by atoms with Crippen LogP contribution in [-0.4, -0.2) is 35.0 Å². The summed E-state index contributed by atoms with van der Waals surface area (Å²) in [5.74, 6) is 0. The number of rotatable bonds is 4. The molecule has 0 unspecified atom stereocenters. The van der Waals surface area contributed by atoms with Gasteiger partial charge in [0.15, 0.2) is 0 Å². The van der Waals surface area contributed by atoms with Gasteiger partial charge in [-0.15, -0.1) is 0 Å². The Morgan fingerprint density at radius 1 is 0.824 bits per heavy atom. The molecular weight excluding hydrogens is 324 g/mol. The molecule has 0 aromatic heterocycles. The van der Waals surface area contributed by atoms with Crippen molar-refractivity contribution in [3.8, 4) is 0 Å². The summed E-state index contributed by atoms with van der Waals surface area (Å²) in [5, 5.41) is 6.40. The van der Waals surface area contributed by atoms with E-state index in [0.717, 1.165) is 0 Å². The average Bonchev–Trinajstić information content (AvgIpc) is 2.40. The molecule has 0 aliphatic rings. The maximum absolute atomic E-state index is 3.26. The second-order valence-corrected chi connectivity index (χ2v) is 6.81. The number of hydrogen-bond acceptors (Lipinski definition) is 2. The van der Waals surface area contributed by atoms with E-state index < -0.39 is 0 Å². The summed E-state index contributed by atoms with van der Waals surface area (Å²) in [6.45, 7) is 0. The third-order valence-electron chi connectivity index (χ3n) is 2.53. The first-order chi connectivity index (χ1) is 8.33. The molecule has 0 spiro atoms. The summed E-state index contributed by atoms with van der Waals surface area (Å²) in [5.41, 5.74) is 2.43. The van der Waals surface area contributed by atoms with Crippen LogP contribution in [0, 0.1) is 0 Å². The van der Waals surface area contributed by atoms with Crippen LogP contribution < -0.4 is 17.9 Å². The quantitative estimate of drug-likeness (QED) is 0.823. The average molecular weight is 340 g/mol. The van der Waals surface area contributed by atoms with E-state index in [1.54, 1.807) is 0 Å². The van der Waals surface area contributed by atoms with Gasteiger partial charge in [0.1, 0.15) is 0 Å². The van der Waals surface area contributed by atoms with Gasteiger partial charge in [0, 0.05) is 0 Å². The van der Waals surface area contributed by atoms with Crippen molar-refractivity contribution in [1.29, 1.82) is 0 Å². The Bertz CT molecular complexity index is 480. The predicted octanol–water partition coefficient (Wildman–Crippen LogP) is 1.42. The molecule has 0 saturated carbocycles.